The fourth-order valence-electron chi connectivity index (χ4n) is 2.68. The van der Waals surface area contributed by atoms with Gasteiger partial charge in [0.2, 0.25) is 5.76 Å². The van der Waals surface area contributed by atoms with Gasteiger partial charge in [0, 0.05) is 25.2 Å². The van der Waals surface area contributed by atoms with Crippen LogP contribution in [0.1, 0.15) is 25.5 Å². The third-order valence-electron chi connectivity index (χ3n) is 3.80. The Labute approximate surface area is 118 Å². The molecule has 1 aliphatic heterocycles. The molecule has 5 nitrogen and oxygen atoms in total. The van der Waals surface area contributed by atoms with Gasteiger partial charge in [-0.3, -0.25) is 4.90 Å². The Morgan fingerprint density at radius 1 is 1.45 bits per heavy atom. The molecule has 2 aromatic heterocycles. The summed E-state index contributed by atoms with van der Waals surface area (Å²) in [6.45, 7) is 6.23. The second-order valence-electron chi connectivity index (χ2n) is 5.28. The van der Waals surface area contributed by atoms with Gasteiger partial charge in [0.15, 0.2) is 5.76 Å². The molecule has 1 unspecified atom stereocenters. The number of hydrogen-bond acceptors (Lipinski definition) is 5. The van der Waals surface area contributed by atoms with Crippen molar-refractivity contribution in [2.24, 2.45) is 0 Å². The van der Waals surface area contributed by atoms with Crippen LogP contribution in [0.25, 0.3) is 11.5 Å². The molecule has 0 aliphatic carbocycles. The van der Waals surface area contributed by atoms with Crippen LogP contribution in [0.15, 0.2) is 33.4 Å². The first-order chi connectivity index (χ1) is 9.85. The topological polar surface area (TPSA) is 54.4 Å². The highest BCUT2D eigenvalue weighted by Gasteiger charge is 2.18. The number of likely N-dealkylation sites (N-methyl/N-ethyl adjacent to an activating group) is 1. The zero-order valence-electron chi connectivity index (χ0n) is 11.8. The predicted molar refractivity (Wildman–Crippen MR) is 76.2 cm³/mol. The zero-order chi connectivity index (χ0) is 13.8. The first-order valence-electron chi connectivity index (χ1n) is 7.30. The summed E-state index contributed by atoms with van der Waals surface area (Å²) in [7, 11) is 0. The van der Waals surface area contributed by atoms with Crippen molar-refractivity contribution in [1.82, 2.24) is 15.4 Å². The van der Waals surface area contributed by atoms with Crippen LogP contribution < -0.4 is 5.32 Å². The number of nitrogens with zero attached hydrogens (tertiary/aromatic N) is 2. The summed E-state index contributed by atoms with van der Waals surface area (Å²) in [5.41, 5.74) is 0.955. The monoisotopic (exact) mass is 275 g/mol. The minimum Gasteiger partial charge on any atom is -0.461 e. The van der Waals surface area contributed by atoms with Gasteiger partial charge in [-0.25, -0.2) is 0 Å². The first-order valence-corrected chi connectivity index (χ1v) is 7.30. The first kappa shape index (κ1) is 13.4. The fraction of sp³-hybridized carbons (Fsp3) is 0.533. The van der Waals surface area contributed by atoms with Crippen molar-refractivity contribution in [3.05, 3.63) is 30.2 Å². The molecule has 1 fully saturated rings. The smallest absolute Gasteiger partial charge is 0.202 e. The molecule has 0 spiro atoms. The number of aromatic nitrogens is 1. The SMILES string of the molecule is CCN(Cc1cc(-c2ccco2)on1)CC1CCCN1. The molecule has 5 heteroatoms. The van der Waals surface area contributed by atoms with E-state index >= 15 is 0 Å². The van der Waals surface area contributed by atoms with Gasteiger partial charge in [-0.15, -0.1) is 0 Å². The summed E-state index contributed by atoms with van der Waals surface area (Å²) in [5.74, 6) is 1.42. The summed E-state index contributed by atoms with van der Waals surface area (Å²) < 4.78 is 10.7. The second kappa shape index (κ2) is 6.24. The van der Waals surface area contributed by atoms with E-state index in [0.717, 1.165) is 37.6 Å². The fourth-order valence-corrected chi connectivity index (χ4v) is 2.68. The quantitative estimate of drug-likeness (QED) is 0.878. The van der Waals surface area contributed by atoms with Crippen molar-refractivity contribution >= 4 is 0 Å². The largest absolute Gasteiger partial charge is 0.461 e. The van der Waals surface area contributed by atoms with Crippen molar-refractivity contribution in [2.75, 3.05) is 19.6 Å². The van der Waals surface area contributed by atoms with Crippen LogP contribution in [0.4, 0.5) is 0 Å². The van der Waals surface area contributed by atoms with Gasteiger partial charge in [0.1, 0.15) is 0 Å². The number of rotatable bonds is 6. The third-order valence-corrected chi connectivity index (χ3v) is 3.80. The summed E-state index contributed by atoms with van der Waals surface area (Å²) in [6.07, 6.45) is 4.20. The molecule has 3 heterocycles. The maximum atomic E-state index is 5.34. The molecule has 0 saturated carbocycles. The lowest BCUT2D eigenvalue weighted by Crippen LogP contribution is -2.37. The van der Waals surface area contributed by atoms with Crippen molar-refractivity contribution in [3.8, 4) is 11.5 Å². The lowest BCUT2D eigenvalue weighted by atomic mass is 10.2. The van der Waals surface area contributed by atoms with Crippen LogP contribution in [0.5, 0.6) is 0 Å². The van der Waals surface area contributed by atoms with E-state index in [9.17, 15) is 0 Å². The number of hydrogen-bond donors (Lipinski definition) is 1. The van der Waals surface area contributed by atoms with E-state index in [1.165, 1.54) is 12.8 Å². The highest BCUT2D eigenvalue weighted by atomic mass is 16.5. The maximum Gasteiger partial charge on any atom is 0.202 e. The molecular weight excluding hydrogens is 254 g/mol. The Kier molecular flexibility index (Phi) is 4.18. The van der Waals surface area contributed by atoms with E-state index in [4.69, 9.17) is 8.94 Å². The van der Waals surface area contributed by atoms with Gasteiger partial charge in [-0.1, -0.05) is 12.1 Å². The summed E-state index contributed by atoms with van der Waals surface area (Å²) in [6, 6.07) is 6.31. The Bertz CT molecular complexity index is 515. The van der Waals surface area contributed by atoms with Crippen LogP contribution in [-0.2, 0) is 6.54 Å². The molecule has 1 aliphatic rings. The molecule has 0 aromatic carbocycles. The maximum absolute atomic E-state index is 5.34. The lowest BCUT2D eigenvalue weighted by Gasteiger charge is -2.22. The van der Waals surface area contributed by atoms with Gasteiger partial charge in [0.05, 0.1) is 12.0 Å². The average molecular weight is 275 g/mol. The van der Waals surface area contributed by atoms with Crippen molar-refractivity contribution in [1.29, 1.82) is 0 Å². The van der Waals surface area contributed by atoms with Crippen LogP contribution in [0.3, 0.4) is 0 Å². The summed E-state index contributed by atoms with van der Waals surface area (Å²) in [4.78, 5) is 2.40. The van der Waals surface area contributed by atoms with E-state index < -0.39 is 0 Å². The van der Waals surface area contributed by atoms with Gasteiger partial charge < -0.3 is 14.3 Å². The van der Waals surface area contributed by atoms with E-state index in [1.807, 2.05) is 18.2 Å². The van der Waals surface area contributed by atoms with Crippen LogP contribution in [0, 0.1) is 0 Å². The molecular formula is C15H21N3O2. The Morgan fingerprint density at radius 3 is 3.10 bits per heavy atom. The molecule has 20 heavy (non-hydrogen) atoms. The lowest BCUT2D eigenvalue weighted by molar-refractivity contribution is 0.246. The molecule has 3 rings (SSSR count). The number of nitrogens with one attached hydrogen (secondary N) is 1. The van der Waals surface area contributed by atoms with E-state index in [0.29, 0.717) is 11.8 Å². The summed E-state index contributed by atoms with van der Waals surface area (Å²) in [5, 5.41) is 7.67. The van der Waals surface area contributed by atoms with Crippen molar-refractivity contribution in [3.63, 3.8) is 0 Å². The molecule has 1 N–H and O–H groups in total. The Morgan fingerprint density at radius 2 is 2.40 bits per heavy atom. The van der Waals surface area contributed by atoms with Crippen molar-refractivity contribution in [2.45, 2.75) is 32.4 Å². The predicted octanol–water partition coefficient (Wildman–Crippen LogP) is 2.51. The number of furan rings is 1. The normalized spacial score (nSPS) is 19.0. The van der Waals surface area contributed by atoms with Crippen molar-refractivity contribution < 1.29 is 8.94 Å². The second-order valence-corrected chi connectivity index (χ2v) is 5.28. The van der Waals surface area contributed by atoms with Gasteiger partial charge in [0.25, 0.3) is 0 Å². The highest BCUT2D eigenvalue weighted by Crippen LogP contribution is 2.21. The van der Waals surface area contributed by atoms with Crippen LogP contribution in [0.2, 0.25) is 0 Å². The van der Waals surface area contributed by atoms with E-state index in [2.05, 4.69) is 22.3 Å². The molecule has 2 aromatic rings. The molecule has 0 amide bonds. The average Bonchev–Trinajstić information content (AvgIpc) is 3.20. The molecule has 108 valence electrons. The van der Waals surface area contributed by atoms with E-state index in [-0.39, 0.29) is 0 Å². The zero-order valence-corrected chi connectivity index (χ0v) is 11.8. The Hall–Kier alpha value is -1.59. The minimum absolute atomic E-state index is 0.617. The van der Waals surface area contributed by atoms with E-state index in [1.54, 1.807) is 6.26 Å². The summed E-state index contributed by atoms with van der Waals surface area (Å²) >= 11 is 0. The van der Waals surface area contributed by atoms with Gasteiger partial charge in [-0.2, -0.15) is 0 Å². The van der Waals surface area contributed by atoms with Crippen LogP contribution in [-0.4, -0.2) is 35.7 Å². The molecule has 1 atom stereocenters. The molecule has 0 bridgehead atoms. The third kappa shape index (κ3) is 3.11. The molecule has 1 saturated heterocycles. The van der Waals surface area contributed by atoms with Gasteiger partial charge >= 0.3 is 0 Å². The van der Waals surface area contributed by atoms with Gasteiger partial charge in [-0.05, 0) is 38.1 Å². The van der Waals surface area contributed by atoms with Crippen LogP contribution >= 0.6 is 0 Å². The highest BCUT2D eigenvalue weighted by molar-refractivity contribution is 5.49. The molecule has 0 radical (unpaired) electrons. The Balaban J connectivity index is 1.60. The standard InChI is InChI=1S/C15H21N3O2/c1-2-18(10-12-5-3-7-16-12)11-13-9-15(20-17-13)14-6-4-8-19-14/h4,6,8-9,12,16H,2-3,5,7,10-11H2,1H3. The minimum atomic E-state index is 0.617.